The summed E-state index contributed by atoms with van der Waals surface area (Å²) in [5.74, 6) is -2.37. The second-order valence-corrected chi connectivity index (χ2v) is 34.1. The number of piperidine rings is 1. The highest BCUT2D eigenvalue weighted by atomic mass is 35.5. The number of rotatable bonds is 41. The number of carbonyl (C=O) groups is 11. The third-order valence-corrected chi connectivity index (χ3v) is 23.3. The molecule has 6 aliphatic rings. The molecule has 4 aromatic carbocycles. The van der Waals surface area contributed by atoms with E-state index in [0.717, 1.165) is 88.2 Å². The maximum atomic E-state index is 13.2. The van der Waals surface area contributed by atoms with Crippen LogP contribution in [0.3, 0.4) is 0 Å². The second-order valence-electron chi connectivity index (χ2n) is 33.8. The van der Waals surface area contributed by atoms with Crippen molar-refractivity contribution in [3.05, 3.63) is 119 Å². The molecule has 6 atom stereocenters. The van der Waals surface area contributed by atoms with Crippen LogP contribution in [-0.4, -0.2) is 128 Å². The maximum absolute atomic E-state index is 13.2. The van der Waals surface area contributed by atoms with E-state index in [1.807, 2.05) is 90.1 Å². The number of benzene rings is 4. The highest BCUT2D eigenvalue weighted by Gasteiger charge is 2.35. The van der Waals surface area contributed by atoms with Gasteiger partial charge in [0.1, 0.15) is 19.0 Å². The minimum absolute atomic E-state index is 0. The fraction of sp³-hybridized carbons (Fsp3) is 0.620. The standard InChI is InChI=1S/C34H45N3O5.C28H37N3O4.C19H35N3O3.C6H9ClO.C5H11N.6H2S/c1-22(2)19-24(32(35)39)20-31(38)30(37-33(40)23-11-3-4-12-23)17-9-10-18-36-34(41)42-21-29-27-15-7-5-13-25(27)26-14-6-8-16-28(26)29;1-18(2)15-19(27(30)33)16-26(32)25(29)13-7-8-14-31-28(34)35-17-24-22-11-5-3-9-20(22)21-10-4-6-12-23(21)24;1-13(2)11-15(18(21)24)12-17(23)16(9-5-6-10-20)22-19(25)14-7-3-4-8-14;7-6(8)5-3-1-2-4-5;1-2-4-6-5-3-1;;;;;;/h5-8,13-16,22-24,29-30H,3-4,9-12,17-21H2,1-2H3,(H2,35,39)(H,36,41)(H,37,40);3-6,9-12,18-19,24-25H,7-8,13-17,29H2,1-2H3,(H2,30,33)(H,31,34);13-16H,3-12,20H2,1-2H3,(H2,21,24)(H,22,25);5H,1-4H2;6H,1-5H2;6*1H2/t24-,30+;19-,25+;15-,16+;;;;;;;;/m111......../s1. The lowest BCUT2D eigenvalue weighted by atomic mass is 9.89. The molecule has 3 saturated carbocycles. The van der Waals surface area contributed by atoms with Gasteiger partial charge in [-0.15, -0.1) is 0 Å². The van der Waals surface area contributed by atoms with Gasteiger partial charge in [0.25, 0.3) is 0 Å². The third kappa shape index (κ3) is 41.0. The minimum Gasteiger partial charge on any atom is -0.449 e. The van der Waals surface area contributed by atoms with E-state index in [4.69, 9.17) is 49.7 Å². The minimum atomic E-state index is -0.665. The van der Waals surface area contributed by atoms with Gasteiger partial charge in [-0.05, 0) is 222 Å². The van der Waals surface area contributed by atoms with Crippen molar-refractivity contribution in [1.82, 2.24) is 26.6 Å². The van der Waals surface area contributed by atoms with Gasteiger partial charge in [-0.3, -0.25) is 43.2 Å². The molecule has 688 valence electrons. The maximum Gasteiger partial charge on any atom is 0.407 e. The van der Waals surface area contributed by atoms with E-state index in [0.29, 0.717) is 83.8 Å². The molecule has 1 saturated heterocycles. The van der Waals surface area contributed by atoms with Gasteiger partial charge >= 0.3 is 12.2 Å². The lowest BCUT2D eigenvalue weighted by Crippen LogP contribution is -2.44. The van der Waals surface area contributed by atoms with Gasteiger partial charge < -0.3 is 64.7 Å². The van der Waals surface area contributed by atoms with Crippen LogP contribution in [0.4, 0.5) is 9.59 Å². The highest BCUT2D eigenvalue weighted by Crippen LogP contribution is 2.46. The highest BCUT2D eigenvalue weighted by molar-refractivity contribution is 7.60. The molecule has 0 spiro atoms. The SMILES string of the molecule is C1CCNCC1.CC(C)C[C@H](CC(=O)[C@@H](N)CCCCNC(=O)OCC1c2ccccc2-c2ccccc21)C(N)=O.CC(C)C[C@H](CC(=O)[C@H](CCCCN)NC(=O)C1CCCC1)C(N)=O.CC(C)C[C@H](CC(=O)[C@H](CCCCNC(=O)OCC1c2ccccc2-c2ccccc21)NC(=O)C1CCCC1)C(N)=O.O=C(Cl)C1CCCC1.S.S.S.S.S.S. The molecule has 1 heterocycles. The molecule has 4 fully saturated rings. The molecule has 23 nitrogen and oxygen atoms in total. The van der Waals surface area contributed by atoms with Crippen LogP contribution in [0.1, 0.15) is 268 Å². The van der Waals surface area contributed by atoms with E-state index in [9.17, 15) is 52.7 Å². The van der Waals surface area contributed by atoms with E-state index < -0.39 is 65.8 Å². The number of hydrogen-bond donors (Lipinski definition) is 10. The van der Waals surface area contributed by atoms with Crippen molar-refractivity contribution < 1.29 is 62.2 Å². The summed E-state index contributed by atoms with van der Waals surface area (Å²) in [7, 11) is 0. The Morgan fingerprint density at radius 2 is 0.713 bits per heavy atom. The molecule has 10 rings (SSSR count). The molecular formula is C92H149ClN10O13S6. The molecule has 7 amide bonds. The lowest BCUT2D eigenvalue weighted by Gasteiger charge is -2.22. The predicted molar refractivity (Wildman–Crippen MR) is 520 cm³/mol. The number of unbranched alkanes of at least 4 members (excludes halogenated alkanes) is 3. The summed E-state index contributed by atoms with van der Waals surface area (Å²) in [6.07, 6.45) is 23.0. The molecule has 0 radical (unpaired) electrons. The number of amides is 7. The van der Waals surface area contributed by atoms with Crippen molar-refractivity contribution in [3.63, 3.8) is 0 Å². The van der Waals surface area contributed by atoms with E-state index >= 15 is 0 Å². The number of nitrogens with two attached hydrogens (primary N) is 5. The average molecular weight is 1830 g/mol. The van der Waals surface area contributed by atoms with E-state index in [1.165, 1.54) is 78.6 Å². The van der Waals surface area contributed by atoms with Gasteiger partial charge in [0.15, 0.2) is 11.6 Å². The van der Waals surface area contributed by atoms with Crippen LogP contribution in [0.2, 0.25) is 0 Å². The summed E-state index contributed by atoms with van der Waals surface area (Å²) in [5.41, 5.74) is 37.4. The van der Waals surface area contributed by atoms with Gasteiger partial charge in [-0.1, -0.05) is 184 Å². The number of ketones is 3. The molecule has 122 heavy (non-hydrogen) atoms. The van der Waals surface area contributed by atoms with Gasteiger partial charge in [0.2, 0.25) is 34.8 Å². The van der Waals surface area contributed by atoms with Crippen LogP contribution in [0.5, 0.6) is 0 Å². The van der Waals surface area contributed by atoms with Crippen molar-refractivity contribution in [2.45, 2.75) is 264 Å². The molecular weight excluding hydrogens is 1680 g/mol. The Bertz CT molecular complexity index is 3690. The summed E-state index contributed by atoms with van der Waals surface area (Å²) < 4.78 is 11.1. The number of primary amides is 3. The van der Waals surface area contributed by atoms with Crippen LogP contribution < -0.4 is 55.3 Å². The average Bonchev–Trinajstić information content (AvgIpc) is 1.62. The number of halogens is 1. The molecule has 0 aromatic heterocycles. The topological polar surface area (TPSA) is 396 Å². The third-order valence-electron chi connectivity index (χ3n) is 23.0. The first-order valence-corrected chi connectivity index (χ1v) is 43.6. The van der Waals surface area contributed by atoms with Crippen LogP contribution in [0.15, 0.2) is 97.1 Å². The zero-order valence-corrected chi connectivity index (χ0v) is 79.8. The van der Waals surface area contributed by atoms with Crippen molar-refractivity contribution in [2.24, 2.45) is 81.9 Å². The van der Waals surface area contributed by atoms with Gasteiger partial charge in [0, 0.05) is 79.7 Å². The van der Waals surface area contributed by atoms with Crippen molar-refractivity contribution in [1.29, 1.82) is 0 Å². The molecule has 5 aliphatic carbocycles. The van der Waals surface area contributed by atoms with Crippen LogP contribution in [0.25, 0.3) is 22.3 Å². The van der Waals surface area contributed by atoms with Gasteiger partial charge in [-0.25, -0.2) is 9.59 Å². The smallest absolute Gasteiger partial charge is 0.407 e. The Labute approximate surface area is 773 Å². The number of hydrogen-bond acceptors (Lipinski definition) is 16. The summed E-state index contributed by atoms with van der Waals surface area (Å²) in [6, 6.07) is 31.0. The second kappa shape index (κ2) is 63.6. The fourth-order valence-electron chi connectivity index (χ4n) is 16.6. The monoisotopic (exact) mass is 1830 g/mol. The Hall–Kier alpha value is -6.28. The zero-order valence-electron chi connectivity index (χ0n) is 73.1. The first-order valence-electron chi connectivity index (χ1n) is 43.3. The molecule has 0 unspecified atom stereocenters. The first kappa shape index (κ1) is 116. The Morgan fingerprint density at radius 3 is 0.992 bits per heavy atom. The largest absolute Gasteiger partial charge is 0.449 e. The summed E-state index contributed by atoms with van der Waals surface area (Å²) >= 11 is 5.25. The quantitative estimate of drug-likeness (QED) is 0.0146. The normalized spacial score (nSPS) is 15.7. The van der Waals surface area contributed by atoms with Gasteiger partial charge in [-0.2, -0.15) is 81.0 Å². The molecule has 15 N–H and O–H groups in total. The zero-order chi connectivity index (χ0) is 84.5. The van der Waals surface area contributed by atoms with Crippen LogP contribution >= 0.6 is 92.6 Å². The van der Waals surface area contributed by atoms with Crippen molar-refractivity contribution >= 4 is 157 Å². The number of carbonyl (C=O) groups excluding carboxylic acids is 11. The molecule has 1 aliphatic heterocycles. The number of nitrogens with one attached hydrogen (secondary N) is 5. The Balaban J connectivity index is 0.00000165. The van der Waals surface area contributed by atoms with Crippen LogP contribution in [0, 0.1) is 53.3 Å². The Morgan fingerprint density at radius 1 is 0.410 bits per heavy atom. The summed E-state index contributed by atoms with van der Waals surface area (Å²) in [5, 5.41) is 14.6. The molecule has 30 heteroatoms. The summed E-state index contributed by atoms with van der Waals surface area (Å²) in [4.78, 5) is 134. The predicted octanol–water partition coefficient (Wildman–Crippen LogP) is 14.9. The number of fused-ring (bicyclic) bond motifs is 6. The molecule has 4 aromatic rings. The summed E-state index contributed by atoms with van der Waals surface area (Å²) in [6.45, 7) is 16.4. The number of Topliss-reactive ketones (excluding diaryl/α,β-unsaturated/α-hetero) is 3. The van der Waals surface area contributed by atoms with E-state index in [2.05, 4.69) is 75.1 Å². The van der Waals surface area contributed by atoms with E-state index in [1.54, 1.807) is 0 Å². The van der Waals surface area contributed by atoms with Crippen LogP contribution in [-0.2, 0) is 52.6 Å². The first-order chi connectivity index (χ1) is 55.7. The fourth-order valence-corrected chi connectivity index (χ4v) is 16.8. The lowest BCUT2D eigenvalue weighted by molar-refractivity contribution is -0.132. The number of alkyl carbamates (subject to hydrolysis) is 2. The van der Waals surface area contributed by atoms with Gasteiger partial charge in [0.05, 0.1) is 18.1 Å². The van der Waals surface area contributed by atoms with Crippen molar-refractivity contribution in [2.75, 3.05) is 45.9 Å². The van der Waals surface area contributed by atoms with E-state index in [-0.39, 0.29) is 195 Å². The van der Waals surface area contributed by atoms with Crippen molar-refractivity contribution in [3.8, 4) is 22.3 Å². The molecule has 0 bridgehead atoms. The Kier molecular flexibility index (Phi) is 60.3. The number of ether oxygens (including phenoxy) is 2.